The molecular formula is C10H18N2O4S. The molecule has 0 heterocycles. The molecule has 2 amide bonds. The van der Waals surface area contributed by atoms with E-state index in [1.54, 1.807) is 11.8 Å². The first-order valence-electron chi connectivity index (χ1n) is 5.34. The van der Waals surface area contributed by atoms with Gasteiger partial charge in [0.2, 0.25) is 0 Å². The normalized spacial score (nSPS) is 20.2. The summed E-state index contributed by atoms with van der Waals surface area (Å²) >= 11 is 1.72. The van der Waals surface area contributed by atoms with E-state index in [1.165, 1.54) is 0 Å². The van der Waals surface area contributed by atoms with Crippen LogP contribution in [0.4, 0.5) is 4.79 Å². The van der Waals surface area contributed by atoms with Gasteiger partial charge in [0.25, 0.3) is 0 Å². The van der Waals surface area contributed by atoms with Crippen molar-refractivity contribution in [2.45, 2.75) is 30.1 Å². The van der Waals surface area contributed by atoms with Crippen molar-refractivity contribution in [1.29, 1.82) is 0 Å². The fourth-order valence-corrected chi connectivity index (χ4v) is 1.95. The number of carbonyl (C=O) groups excluding carboxylic acids is 1. The second kappa shape index (κ2) is 5.14. The number of hydrogen-bond acceptors (Lipinski definition) is 4. The van der Waals surface area contributed by atoms with Crippen molar-refractivity contribution in [3.63, 3.8) is 0 Å². The predicted molar refractivity (Wildman–Crippen MR) is 65.1 cm³/mol. The molecule has 6 nitrogen and oxygen atoms in total. The van der Waals surface area contributed by atoms with Crippen LogP contribution in [0.25, 0.3) is 0 Å². The number of rotatable bonds is 6. The third-order valence-corrected chi connectivity index (χ3v) is 4.28. The van der Waals surface area contributed by atoms with E-state index in [9.17, 15) is 14.7 Å². The Morgan fingerprint density at radius 2 is 2.00 bits per heavy atom. The number of aliphatic hydroxyl groups is 1. The lowest BCUT2D eigenvalue weighted by atomic mass is 10.1. The molecule has 0 spiro atoms. The van der Waals surface area contributed by atoms with Crippen molar-refractivity contribution in [3.05, 3.63) is 0 Å². The molecule has 0 bridgehead atoms. The molecule has 17 heavy (non-hydrogen) atoms. The summed E-state index contributed by atoms with van der Waals surface area (Å²) in [4.78, 5) is 21.9. The number of thioether (sulfide) groups is 1. The van der Waals surface area contributed by atoms with E-state index in [0.29, 0.717) is 6.54 Å². The van der Waals surface area contributed by atoms with E-state index >= 15 is 0 Å². The van der Waals surface area contributed by atoms with Crippen molar-refractivity contribution < 1.29 is 19.8 Å². The van der Waals surface area contributed by atoms with Crippen LogP contribution in [-0.4, -0.2) is 51.9 Å². The van der Waals surface area contributed by atoms with Gasteiger partial charge in [0.05, 0.1) is 6.54 Å². The van der Waals surface area contributed by atoms with Gasteiger partial charge in [-0.25, -0.2) is 9.59 Å². The summed E-state index contributed by atoms with van der Waals surface area (Å²) in [6, 6.07) is -0.452. The topological polar surface area (TPSA) is 98.7 Å². The molecule has 1 atom stereocenters. The molecule has 1 unspecified atom stereocenters. The maximum Gasteiger partial charge on any atom is 0.337 e. The van der Waals surface area contributed by atoms with Gasteiger partial charge in [0.1, 0.15) is 0 Å². The van der Waals surface area contributed by atoms with Crippen LogP contribution in [0.3, 0.4) is 0 Å². The van der Waals surface area contributed by atoms with Crippen molar-refractivity contribution in [3.8, 4) is 0 Å². The Hall–Kier alpha value is -0.950. The molecule has 0 aromatic carbocycles. The number of carbonyl (C=O) groups is 2. The lowest BCUT2D eigenvalue weighted by Gasteiger charge is -2.19. The molecule has 0 saturated heterocycles. The Bertz CT molecular complexity index is 315. The molecule has 0 aromatic rings. The lowest BCUT2D eigenvalue weighted by Crippen LogP contribution is -2.50. The van der Waals surface area contributed by atoms with Crippen molar-refractivity contribution in [1.82, 2.24) is 10.6 Å². The minimum absolute atomic E-state index is 0.159. The summed E-state index contributed by atoms with van der Waals surface area (Å²) in [5.74, 6) is -1.36. The van der Waals surface area contributed by atoms with Crippen LogP contribution in [0.1, 0.15) is 19.8 Å². The van der Waals surface area contributed by atoms with Gasteiger partial charge in [-0.05, 0) is 26.0 Å². The zero-order chi connectivity index (χ0) is 13.1. The van der Waals surface area contributed by atoms with E-state index in [1.807, 2.05) is 6.26 Å². The summed E-state index contributed by atoms with van der Waals surface area (Å²) in [7, 11) is 0. The number of aliphatic carboxylic acids is 1. The molecule has 1 saturated carbocycles. The number of urea groups is 1. The third-order valence-electron chi connectivity index (χ3n) is 2.87. The minimum atomic E-state index is -1.94. The fourth-order valence-electron chi connectivity index (χ4n) is 1.22. The highest BCUT2D eigenvalue weighted by molar-refractivity contribution is 8.00. The standard InChI is InChI=1S/C10H18N2O4S/c1-9(16,7(13)14)5-11-8(15)12-6-10(17-2)3-4-10/h16H,3-6H2,1-2H3,(H,13,14)(H2,11,12,15). The number of amides is 2. The van der Waals surface area contributed by atoms with E-state index in [0.717, 1.165) is 19.8 Å². The zero-order valence-electron chi connectivity index (χ0n) is 9.95. The van der Waals surface area contributed by atoms with Crippen LogP contribution in [0.5, 0.6) is 0 Å². The van der Waals surface area contributed by atoms with Gasteiger partial charge in [-0.15, -0.1) is 0 Å². The highest BCUT2D eigenvalue weighted by Crippen LogP contribution is 2.46. The number of nitrogens with one attached hydrogen (secondary N) is 2. The van der Waals surface area contributed by atoms with E-state index in [-0.39, 0.29) is 11.3 Å². The smallest absolute Gasteiger partial charge is 0.337 e. The molecule has 7 heteroatoms. The van der Waals surface area contributed by atoms with Crippen molar-refractivity contribution in [2.24, 2.45) is 0 Å². The summed E-state index contributed by atoms with van der Waals surface area (Å²) in [5, 5.41) is 23.0. The van der Waals surface area contributed by atoms with Crippen LogP contribution >= 0.6 is 11.8 Å². The molecule has 0 aromatic heterocycles. The molecule has 98 valence electrons. The molecule has 1 fully saturated rings. The predicted octanol–water partition coefficient (Wildman–Crippen LogP) is 0.0168. The minimum Gasteiger partial charge on any atom is -0.479 e. The average Bonchev–Trinajstić information content (AvgIpc) is 3.04. The Labute approximate surface area is 104 Å². The van der Waals surface area contributed by atoms with Gasteiger partial charge >= 0.3 is 12.0 Å². The van der Waals surface area contributed by atoms with Crippen LogP contribution < -0.4 is 10.6 Å². The Morgan fingerprint density at radius 1 is 1.41 bits per heavy atom. The van der Waals surface area contributed by atoms with Crippen LogP contribution in [-0.2, 0) is 4.79 Å². The van der Waals surface area contributed by atoms with Crippen LogP contribution in [0.2, 0.25) is 0 Å². The number of hydrogen-bond donors (Lipinski definition) is 4. The maximum atomic E-state index is 11.4. The summed E-state index contributed by atoms with van der Waals surface area (Å²) in [6.07, 6.45) is 4.17. The van der Waals surface area contributed by atoms with E-state index in [4.69, 9.17) is 5.11 Å². The van der Waals surface area contributed by atoms with Gasteiger partial charge < -0.3 is 20.8 Å². The first-order valence-corrected chi connectivity index (χ1v) is 6.56. The fraction of sp³-hybridized carbons (Fsp3) is 0.800. The molecule has 0 radical (unpaired) electrons. The number of carboxylic acids is 1. The van der Waals surface area contributed by atoms with Gasteiger partial charge in [0.15, 0.2) is 5.60 Å². The molecule has 1 rings (SSSR count). The van der Waals surface area contributed by atoms with Crippen LogP contribution in [0, 0.1) is 0 Å². The van der Waals surface area contributed by atoms with Gasteiger partial charge in [-0.3, -0.25) is 0 Å². The highest BCUT2D eigenvalue weighted by atomic mass is 32.2. The Balaban J connectivity index is 2.24. The monoisotopic (exact) mass is 262 g/mol. The summed E-state index contributed by atoms with van der Waals surface area (Å²) in [6.45, 7) is 1.38. The van der Waals surface area contributed by atoms with Crippen molar-refractivity contribution in [2.75, 3.05) is 19.3 Å². The molecule has 0 aliphatic heterocycles. The zero-order valence-corrected chi connectivity index (χ0v) is 10.8. The third kappa shape index (κ3) is 4.08. The lowest BCUT2D eigenvalue weighted by molar-refractivity contribution is -0.155. The van der Waals surface area contributed by atoms with Gasteiger partial charge in [0, 0.05) is 11.3 Å². The SMILES string of the molecule is CSC1(CNC(=O)NCC(C)(O)C(=O)O)CC1. The summed E-state index contributed by atoms with van der Waals surface area (Å²) in [5.41, 5.74) is -1.94. The van der Waals surface area contributed by atoms with Crippen LogP contribution in [0.15, 0.2) is 0 Å². The highest BCUT2D eigenvalue weighted by Gasteiger charge is 2.42. The van der Waals surface area contributed by atoms with E-state index in [2.05, 4.69) is 10.6 Å². The Morgan fingerprint density at radius 3 is 2.41 bits per heavy atom. The largest absolute Gasteiger partial charge is 0.479 e. The second-order valence-electron chi connectivity index (χ2n) is 4.50. The average molecular weight is 262 g/mol. The maximum absolute atomic E-state index is 11.4. The molecule has 4 N–H and O–H groups in total. The van der Waals surface area contributed by atoms with Crippen molar-refractivity contribution >= 4 is 23.8 Å². The first-order chi connectivity index (χ1) is 7.81. The number of carboxylic acid groups (broad SMARTS) is 1. The van der Waals surface area contributed by atoms with Gasteiger partial charge in [-0.2, -0.15) is 11.8 Å². The second-order valence-corrected chi connectivity index (χ2v) is 5.78. The Kier molecular flexibility index (Phi) is 4.26. The quantitative estimate of drug-likeness (QED) is 0.541. The van der Waals surface area contributed by atoms with Gasteiger partial charge in [-0.1, -0.05) is 0 Å². The molecular weight excluding hydrogens is 244 g/mol. The van der Waals surface area contributed by atoms with E-state index < -0.39 is 17.6 Å². The molecule has 1 aliphatic carbocycles. The first kappa shape index (κ1) is 14.1. The summed E-state index contributed by atoms with van der Waals surface area (Å²) < 4.78 is 0.159. The molecule has 1 aliphatic rings.